The molecule has 2 aliphatic carbocycles. The van der Waals surface area contributed by atoms with Crippen LogP contribution in [0, 0.1) is 11.8 Å². The van der Waals surface area contributed by atoms with Crippen LogP contribution in [0.2, 0.25) is 0 Å². The van der Waals surface area contributed by atoms with Gasteiger partial charge in [-0.1, -0.05) is 19.3 Å². The van der Waals surface area contributed by atoms with Crippen molar-refractivity contribution in [3.05, 3.63) is 0 Å². The molecule has 0 aromatic heterocycles. The highest BCUT2D eigenvalue weighted by atomic mass is 31.0. The zero-order chi connectivity index (χ0) is 13.0. The molecule has 2 fully saturated rings. The minimum Gasteiger partial charge on any atom is -0.385 e. The molecule has 18 heavy (non-hydrogen) atoms. The average Bonchev–Trinajstić information content (AvgIpc) is 2.47. The summed E-state index contributed by atoms with van der Waals surface area (Å²) in [7, 11) is 2.32. The molecule has 0 aromatic rings. The maximum atomic E-state index is 12.3. The molecular formula is C14H25O3P. The fourth-order valence-electron chi connectivity index (χ4n) is 3.40. The molecule has 0 amide bonds. The Kier molecular flexibility index (Phi) is 5.59. The number of carbonyl (C=O) groups is 1. The molecule has 3 nitrogen and oxygen atoms in total. The quantitative estimate of drug-likeness (QED) is 0.800. The summed E-state index contributed by atoms with van der Waals surface area (Å²) in [5.74, 6) is 0.408. The van der Waals surface area contributed by atoms with Gasteiger partial charge in [0.15, 0.2) is 5.78 Å². The molecule has 0 aromatic carbocycles. The van der Waals surface area contributed by atoms with Gasteiger partial charge < -0.3 is 9.63 Å². The Hall–Kier alpha value is 0.0200. The van der Waals surface area contributed by atoms with E-state index in [4.69, 9.17) is 4.52 Å². The largest absolute Gasteiger partial charge is 0.385 e. The molecule has 1 N–H and O–H groups in total. The highest BCUT2D eigenvalue weighted by Gasteiger charge is 2.34. The zero-order valence-electron chi connectivity index (χ0n) is 11.0. The topological polar surface area (TPSA) is 46.5 Å². The maximum absolute atomic E-state index is 12.3. The van der Waals surface area contributed by atoms with E-state index in [0.717, 1.165) is 51.4 Å². The van der Waals surface area contributed by atoms with E-state index in [0.29, 0.717) is 6.10 Å². The third kappa shape index (κ3) is 3.53. The van der Waals surface area contributed by atoms with Crippen LogP contribution in [0.1, 0.15) is 57.8 Å². The predicted octanol–water partition coefficient (Wildman–Crippen LogP) is 2.86. The minimum absolute atomic E-state index is 0.116. The Bertz CT molecular complexity index is 268. The Morgan fingerprint density at radius 3 is 2.22 bits per heavy atom. The van der Waals surface area contributed by atoms with Crippen molar-refractivity contribution in [1.82, 2.24) is 0 Å². The third-order valence-corrected chi connectivity index (χ3v) is 5.04. The van der Waals surface area contributed by atoms with Gasteiger partial charge in [0.05, 0.1) is 6.10 Å². The van der Waals surface area contributed by atoms with Crippen molar-refractivity contribution in [2.24, 2.45) is 11.8 Å². The summed E-state index contributed by atoms with van der Waals surface area (Å²) >= 11 is 0. The van der Waals surface area contributed by atoms with Gasteiger partial charge in [0, 0.05) is 15.4 Å². The van der Waals surface area contributed by atoms with Crippen molar-refractivity contribution in [2.45, 2.75) is 70.0 Å². The molecule has 2 atom stereocenters. The number of Topliss-reactive ketones (excluding diaryl/α,β-unsaturated/α-hetero) is 1. The molecule has 2 saturated carbocycles. The van der Waals surface area contributed by atoms with Gasteiger partial charge in [-0.15, -0.1) is 0 Å². The molecular weight excluding hydrogens is 247 g/mol. The van der Waals surface area contributed by atoms with Gasteiger partial charge in [0.1, 0.15) is 6.10 Å². The monoisotopic (exact) mass is 272 g/mol. The Balaban J connectivity index is 1.83. The SMILES string of the molecule is O=C(C1CCCCC1)C(O)C1CCC(OP)CC1. The lowest BCUT2D eigenvalue weighted by atomic mass is 9.77. The molecule has 0 saturated heterocycles. The van der Waals surface area contributed by atoms with Crippen molar-refractivity contribution >= 4 is 15.2 Å². The summed E-state index contributed by atoms with van der Waals surface area (Å²) in [6.45, 7) is 0. The molecule has 0 heterocycles. The second-order valence-electron chi connectivity index (χ2n) is 5.86. The van der Waals surface area contributed by atoms with E-state index in [1.54, 1.807) is 0 Å². The van der Waals surface area contributed by atoms with Crippen molar-refractivity contribution in [1.29, 1.82) is 0 Å². The molecule has 0 aliphatic heterocycles. The van der Waals surface area contributed by atoms with Gasteiger partial charge in [-0.3, -0.25) is 4.79 Å². The van der Waals surface area contributed by atoms with Crippen LogP contribution in [0.5, 0.6) is 0 Å². The average molecular weight is 272 g/mol. The van der Waals surface area contributed by atoms with Crippen LogP contribution in [0.15, 0.2) is 0 Å². The molecule has 2 unspecified atom stereocenters. The van der Waals surface area contributed by atoms with Crippen molar-refractivity contribution in [3.63, 3.8) is 0 Å². The summed E-state index contributed by atoms with van der Waals surface area (Å²) in [4.78, 5) is 12.3. The molecule has 0 bridgehead atoms. The molecule has 0 radical (unpaired) electrons. The van der Waals surface area contributed by atoms with Crippen LogP contribution in [0.3, 0.4) is 0 Å². The third-order valence-electron chi connectivity index (χ3n) is 4.66. The second-order valence-corrected chi connectivity index (χ2v) is 6.13. The summed E-state index contributed by atoms with van der Waals surface area (Å²) in [6, 6.07) is 0. The van der Waals surface area contributed by atoms with Gasteiger partial charge >= 0.3 is 0 Å². The van der Waals surface area contributed by atoms with E-state index in [1.807, 2.05) is 0 Å². The van der Waals surface area contributed by atoms with Crippen molar-refractivity contribution in [2.75, 3.05) is 0 Å². The Labute approximate surface area is 112 Å². The molecule has 2 aliphatic rings. The second kappa shape index (κ2) is 6.98. The summed E-state index contributed by atoms with van der Waals surface area (Å²) in [6.07, 6.45) is 8.84. The van der Waals surface area contributed by atoms with E-state index >= 15 is 0 Å². The van der Waals surface area contributed by atoms with Crippen LogP contribution in [-0.4, -0.2) is 23.1 Å². The highest BCUT2D eigenvalue weighted by Crippen LogP contribution is 2.33. The smallest absolute Gasteiger partial charge is 0.164 e. The molecule has 0 spiro atoms. The van der Waals surface area contributed by atoms with Crippen molar-refractivity contribution in [3.8, 4) is 0 Å². The first-order valence-corrected chi connectivity index (χ1v) is 7.77. The Morgan fingerprint density at radius 2 is 1.67 bits per heavy atom. The van der Waals surface area contributed by atoms with E-state index in [-0.39, 0.29) is 17.6 Å². The lowest BCUT2D eigenvalue weighted by molar-refractivity contribution is -0.136. The van der Waals surface area contributed by atoms with Gasteiger partial charge in [-0.25, -0.2) is 0 Å². The maximum Gasteiger partial charge on any atom is 0.164 e. The van der Waals surface area contributed by atoms with Gasteiger partial charge in [-0.2, -0.15) is 0 Å². The number of aliphatic hydroxyl groups is 1. The fraction of sp³-hybridized carbons (Fsp3) is 0.929. The minimum atomic E-state index is -0.724. The van der Waals surface area contributed by atoms with E-state index in [2.05, 4.69) is 9.47 Å². The van der Waals surface area contributed by atoms with E-state index in [9.17, 15) is 9.90 Å². The first kappa shape index (κ1) is 14.4. The van der Waals surface area contributed by atoms with Crippen LogP contribution in [-0.2, 0) is 9.32 Å². The van der Waals surface area contributed by atoms with Crippen LogP contribution < -0.4 is 0 Å². The number of hydrogen-bond donors (Lipinski definition) is 1. The van der Waals surface area contributed by atoms with Crippen LogP contribution >= 0.6 is 9.47 Å². The zero-order valence-corrected chi connectivity index (χ0v) is 12.2. The highest BCUT2D eigenvalue weighted by molar-refractivity contribution is 7.09. The summed E-state index contributed by atoms with van der Waals surface area (Å²) in [5, 5.41) is 10.3. The number of aliphatic hydroxyl groups excluding tert-OH is 1. The summed E-state index contributed by atoms with van der Waals surface area (Å²) < 4.78 is 5.25. The van der Waals surface area contributed by atoms with Crippen molar-refractivity contribution < 1.29 is 14.4 Å². The number of rotatable bonds is 4. The molecule has 4 heteroatoms. The molecule has 104 valence electrons. The molecule has 2 rings (SSSR count). The van der Waals surface area contributed by atoms with E-state index in [1.165, 1.54) is 6.42 Å². The number of carbonyl (C=O) groups excluding carboxylic acids is 1. The van der Waals surface area contributed by atoms with Gasteiger partial charge in [-0.05, 0) is 44.4 Å². The standard InChI is InChI=1S/C14H25O3P/c15-13(10-4-2-1-3-5-10)14(16)11-6-8-12(17-18)9-7-11/h10-12,14,16H,1-9,18H2. The first-order chi connectivity index (χ1) is 8.72. The fourth-order valence-corrected chi connectivity index (χ4v) is 3.67. The lowest BCUT2D eigenvalue weighted by Gasteiger charge is -2.32. The normalized spacial score (nSPS) is 32.1. The number of ketones is 1. The predicted molar refractivity (Wildman–Crippen MR) is 74.1 cm³/mol. The van der Waals surface area contributed by atoms with Crippen LogP contribution in [0.25, 0.3) is 0 Å². The summed E-state index contributed by atoms with van der Waals surface area (Å²) in [5.41, 5.74) is 0. The first-order valence-electron chi connectivity index (χ1n) is 7.29. The Morgan fingerprint density at radius 1 is 1.06 bits per heavy atom. The number of hydrogen-bond acceptors (Lipinski definition) is 3. The van der Waals surface area contributed by atoms with Gasteiger partial charge in [0.2, 0.25) is 0 Å². The van der Waals surface area contributed by atoms with Crippen LogP contribution in [0.4, 0.5) is 0 Å². The van der Waals surface area contributed by atoms with E-state index < -0.39 is 6.10 Å². The van der Waals surface area contributed by atoms with Gasteiger partial charge in [0.25, 0.3) is 0 Å². The lowest BCUT2D eigenvalue weighted by Crippen LogP contribution is -2.37.